The molecule has 7 nitrogen and oxygen atoms in total. The molecule has 3 N–H and O–H groups in total. The number of nitrogens with zero attached hydrogens (tertiary/aromatic N) is 5. The molecule has 0 amide bonds. The molecule has 0 unspecified atom stereocenters. The van der Waals surface area contributed by atoms with Gasteiger partial charge in [-0.3, -0.25) is 0 Å². The SMILES string of the molecule is CNCc1nnn(Cc2cnc(C)nc2N)c1C. The Morgan fingerprint density at radius 2 is 2.17 bits per heavy atom. The van der Waals surface area contributed by atoms with Crippen LogP contribution in [0.1, 0.15) is 22.8 Å². The van der Waals surface area contributed by atoms with Gasteiger partial charge >= 0.3 is 0 Å². The van der Waals surface area contributed by atoms with Gasteiger partial charge in [-0.1, -0.05) is 5.21 Å². The Kier molecular flexibility index (Phi) is 3.52. The Morgan fingerprint density at radius 1 is 1.39 bits per heavy atom. The lowest BCUT2D eigenvalue weighted by Crippen LogP contribution is -2.10. The summed E-state index contributed by atoms with van der Waals surface area (Å²) in [6.07, 6.45) is 1.73. The summed E-state index contributed by atoms with van der Waals surface area (Å²) in [6, 6.07) is 0. The van der Waals surface area contributed by atoms with Gasteiger partial charge in [0, 0.05) is 18.3 Å². The molecule has 0 aliphatic carbocycles. The fraction of sp³-hybridized carbons (Fsp3) is 0.455. The van der Waals surface area contributed by atoms with Gasteiger partial charge in [0.25, 0.3) is 0 Å². The summed E-state index contributed by atoms with van der Waals surface area (Å²) in [5, 5.41) is 11.3. The van der Waals surface area contributed by atoms with Crippen LogP contribution in [0.4, 0.5) is 5.82 Å². The quantitative estimate of drug-likeness (QED) is 0.792. The minimum absolute atomic E-state index is 0.493. The number of hydrogen-bond acceptors (Lipinski definition) is 6. The highest BCUT2D eigenvalue weighted by atomic mass is 15.4. The highest BCUT2D eigenvalue weighted by Crippen LogP contribution is 2.11. The number of aromatic nitrogens is 5. The average molecular weight is 247 g/mol. The van der Waals surface area contributed by atoms with Gasteiger partial charge in [-0.25, -0.2) is 14.6 Å². The minimum Gasteiger partial charge on any atom is -0.383 e. The van der Waals surface area contributed by atoms with Gasteiger partial charge in [-0.15, -0.1) is 5.10 Å². The molecular weight excluding hydrogens is 230 g/mol. The van der Waals surface area contributed by atoms with Crippen molar-refractivity contribution in [1.29, 1.82) is 0 Å². The maximum Gasteiger partial charge on any atom is 0.132 e. The molecule has 0 aromatic carbocycles. The van der Waals surface area contributed by atoms with E-state index in [9.17, 15) is 0 Å². The van der Waals surface area contributed by atoms with Crippen LogP contribution in [-0.2, 0) is 13.1 Å². The first kappa shape index (κ1) is 12.4. The van der Waals surface area contributed by atoms with Crippen LogP contribution in [0.15, 0.2) is 6.20 Å². The molecule has 0 spiro atoms. The van der Waals surface area contributed by atoms with Crippen LogP contribution < -0.4 is 11.1 Å². The third-order valence-corrected chi connectivity index (χ3v) is 2.76. The molecule has 0 bridgehead atoms. The van der Waals surface area contributed by atoms with Crippen LogP contribution in [-0.4, -0.2) is 32.0 Å². The minimum atomic E-state index is 0.493. The number of aryl methyl sites for hydroxylation is 1. The summed E-state index contributed by atoms with van der Waals surface area (Å²) < 4.78 is 1.80. The predicted molar refractivity (Wildman–Crippen MR) is 67.8 cm³/mol. The van der Waals surface area contributed by atoms with E-state index in [1.165, 1.54) is 0 Å². The van der Waals surface area contributed by atoms with E-state index >= 15 is 0 Å². The Bertz CT molecular complexity index is 546. The molecule has 7 heteroatoms. The van der Waals surface area contributed by atoms with Crippen LogP contribution in [0.2, 0.25) is 0 Å². The summed E-state index contributed by atoms with van der Waals surface area (Å²) in [7, 11) is 1.88. The normalized spacial score (nSPS) is 10.8. The molecule has 0 radical (unpaired) electrons. The summed E-state index contributed by atoms with van der Waals surface area (Å²) in [5.41, 5.74) is 8.66. The summed E-state index contributed by atoms with van der Waals surface area (Å²) >= 11 is 0. The predicted octanol–water partition coefficient (Wildman–Crippen LogP) is 0.0348. The third kappa shape index (κ3) is 2.45. The monoisotopic (exact) mass is 247 g/mol. The zero-order valence-corrected chi connectivity index (χ0v) is 10.8. The van der Waals surface area contributed by atoms with E-state index in [-0.39, 0.29) is 0 Å². The van der Waals surface area contributed by atoms with E-state index in [2.05, 4.69) is 25.6 Å². The van der Waals surface area contributed by atoms with Crippen molar-refractivity contribution in [2.75, 3.05) is 12.8 Å². The zero-order chi connectivity index (χ0) is 13.1. The van der Waals surface area contributed by atoms with Crippen LogP contribution in [0, 0.1) is 13.8 Å². The Morgan fingerprint density at radius 3 is 2.83 bits per heavy atom. The van der Waals surface area contributed by atoms with Crippen molar-refractivity contribution < 1.29 is 0 Å². The van der Waals surface area contributed by atoms with Crippen LogP contribution in [0.5, 0.6) is 0 Å². The first-order chi connectivity index (χ1) is 8.61. The number of anilines is 1. The molecule has 2 rings (SSSR count). The van der Waals surface area contributed by atoms with Gasteiger partial charge in [0.1, 0.15) is 11.6 Å². The molecule has 18 heavy (non-hydrogen) atoms. The fourth-order valence-electron chi connectivity index (χ4n) is 1.67. The van der Waals surface area contributed by atoms with E-state index in [1.54, 1.807) is 10.9 Å². The molecule has 0 saturated carbocycles. The maximum atomic E-state index is 5.86. The third-order valence-electron chi connectivity index (χ3n) is 2.76. The topological polar surface area (TPSA) is 94.5 Å². The Labute approximate surface area is 105 Å². The van der Waals surface area contributed by atoms with E-state index in [0.717, 1.165) is 17.0 Å². The van der Waals surface area contributed by atoms with Gasteiger partial charge in [0.15, 0.2) is 0 Å². The molecule has 0 fully saturated rings. The zero-order valence-electron chi connectivity index (χ0n) is 10.8. The number of nitrogens with one attached hydrogen (secondary N) is 1. The Hall–Kier alpha value is -2.02. The summed E-state index contributed by atoms with van der Waals surface area (Å²) in [6.45, 7) is 5.03. The number of hydrogen-bond donors (Lipinski definition) is 2. The lowest BCUT2D eigenvalue weighted by atomic mass is 10.3. The lowest BCUT2D eigenvalue weighted by molar-refractivity contribution is 0.631. The van der Waals surface area contributed by atoms with Crippen molar-refractivity contribution in [2.24, 2.45) is 0 Å². The fourth-order valence-corrected chi connectivity index (χ4v) is 1.67. The number of nitrogen functional groups attached to an aromatic ring is 1. The van der Waals surface area contributed by atoms with Gasteiger partial charge < -0.3 is 11.1 Å². The molecule has 0 aliphatic rings. The van der Waals surface area contributed by atoms with Gasteiger partial charge in [0.05, 0.1) is 17.9 Å². The van der Waals surface area contributed by atoms with Crippen molar-refractivity contribution in [1.82, 2.24) is 30.3 Å². The second-order valence-corrected chi connectivity index (χ2v) is 4.14. The van der Waals surface area contributed by atoms with Crippen LogP contribution in [0.3, 0.4) is 0 Å². The standard InChI is InChI=1S/C11H17N7/c1-7-10(5-13-3)16-17-18(7)6-9-4-14-8(2)15-11(9)12/h4,13H,5-6H2,1-3H3,(H2,12,14,15). The smallest absolute Gasteiger partial charge is 0.132 e. The van der Waals surface area contributed by atoms with Gasteiger partial charge in [-0.2, -0.15) is 0 Å². The molecule has 0 saturated heterocycles. The van der Waals surface area contributed by atoms with Crippen molar-refractivity contribution >= 4 is 5.82 Å². The van der Waals surface area contributed by atoms with E-state index in [0.29, 0.717) is 24.7 Å². The molecule has 2 aromatic rings. The maximum absolute atomic E-state index is 5.86. The summed E-state index contributed by atoms with van der Waals surface area (Å²) in [5.74, 6) is 1.16. The molecule has 0 aliphatic heterocycles. The highest BCUT2D eigenvalue weighted by molar-refractivity contribution is 5.37. The molecule has 2 aromatic heterocycles. The van der Waals surface area contributed by atoms with Crippen molar-refractivity contribution in [3.05, 3.63) is 29.0 Å². The molecule has 96 valence electrons. The van der Waals surface area contributed by atoms with Crippen LogP contribution >= 0.6 is 0 Å². The second kappa shape index (κ2) is 5.09. The van der Waals surface area contributed by atoms with Crippen molar-refractivity contribution in [2.45, 2.75) is 26.9 Å². The van der Waals surface area contributed by atoms with E-state index in [1.807, 2.05) is 20.9 Å². The van der Waals surface area contributed by atoms with E-state index in [4.69, 9.17) is 5.73 Å². The van der Waals surface area contributed by atoms with Gasteiger partial charge in [0.2, 0.25) is 0 Å². The Balaban J connectivity index is 2.23. The second-order valence-electron chi connectivity index (χ2n) is 4.14. The number of rotatable bonds is 4. The van der Waals surface area contributed by atoms with E-state index < -0.39 is 0 Å². The largest absolute Gasteiger partial charge is 0.383 e. The van der Waals surface area contributed by atoms with Crippen LogP contribution in [0.25, 0.3) is 0 Å². The average Bonchev–Trinajstić information content (AvgIpc) is 2.66. The first-order valence-corrected chi connectivity index (χ1v) is 5.73. The number of nitrogens with two attached hydrogens (primary N) is 1. The first-order valence-electron chi connectivity index (χ1n) is 5.73. The molecular formula is C11H17N7. The molecule has 2 heterocycles. The van der Waals surface area contributed by atoms with Gasteiger partial charge in [-0.05, 0) is 20.9 Å². The van der Waals surface area contributed by atoms with Crippen molar-refractivity contribution in [3.63, 3.8) is 0 Å². The highest BCUT2D eigenvalue weighted by Gasteiger charge is 2.10. The molecule has 0 atom stereocenters. The lowest BCUT2D eigenvalue weighted by Gasteiger charge is -2.06. The summed E-state index contributed by atoms with van der Waals surface area (Å²) in [4.78, 5) is 8.28. The van der Waals surface area contributed by atoms with Crippen molar-refractivity contribution in [3.8, 4) is 0 Å².